The van der Waals surface area contributed by atoms with E-state index in [4.69, 9.17) is 9.47 Å². The van der Waals surface area contributed by atoms with Gasteiger partial charge < -0.3 is 19.1 Å². The molecule has 0 aliphatic carbocycles. The molecule has 0 saturated heterocycles. The molecule has 154 valence electrons. The van der Waals surface area contributed by atoms with Gasteiger partial charge in [0.15, 0.2) is 11.6 Å². The van der Waals surface area contributed by atoms with Gasteiger partial charge in [-0.05, 0) is 43.3 Å². The maximum atomic E-state index is 13.7. The molecular formula is C24H23FN2O3. The Hall–Kier alpha value is -3.38. The third-order valence-electron chi connectivity index (χ3n) is 4.78. The molecule has 4 aromatic rings. The molecule has 1 heterocycles. The van der Waals surface area contributed by atoms with Crippen molar-refractivity contribution >= 4 is 11.0 Å². The van der Waals surface area contributed by atoms with Crippen LogP contribution in [0.15, 0.2) is 72.8 Å². The minimum atomic E-state index is -0.847. The van der Waals surface area contributed by atoms with Crippen molar-refractivity contribution in [3.63, 3.8) is 0 Å². The highest BCUT2D eigenvalue weighted by atomic mass is 19.1. The van der Waals surface area contributed by atoms with Gasteiger partial charge in [0.2, 0.25) is 0 Å². The summed E-state index contributed by atoms with van der Waals surface area (Å²) in [6, 6.07) is 21.7. The molecule has 0 aliphatic heterocycles. The van der Waals surface area contributed by atoms with Gasteiger partial charge in [-0.1, -0.05) is 42.0 Å². The van der Waals surface area contributed by atoms with Crippen molar-refractivity contribution in [1.82, 2.24) is 9.55 Å². The van der Waals surface area contributed by atoms with Crippen LogP contribution in [-0.4, -0.2) is 27.4 Å². The summed E-state index contributed by atoms with van der Waals surface area (Å²) < 4.78 is 27.0. The van der Waals surface area contributed by atoms with Gasteiger partial charge >= 0.3 is 0 Å². The molecule has 4 rings (SSSR count). The van der Waals surface area contributed by atoms with E-state index in [-0.39, 0.29) is 25.5 Å². The highest BCUT2D eigenvalue weighted by Crippen LogP contribution is 2.20. The molecular weight excluding hydrogens is 383 g/mol. The number of benzene rings is 3. The maximum absolute atomic E-state index is 13.7. The van der Waals surface area contributed by atoms with Crippen LogP contribution in [0, 0.1) is 12.7 Å². The van der Waals surface area contributed by atoms with Crippen LogP contribution in [0.5, 0.6) is 11.5 Å². The molecule has 0 fully saturated rings. The fourth-order valence-corrected chi connectivity index (χ4v) is 3.23. The van der Waals surface area contributed by atoms with Crippen molar-refractivity contribution in [1.29, 1.82) is 0 Å². The minimum absolute atomic E-state index is 0.0360. The number of aliphatic hydroxyl groups is 1. The highest BCUT2D eigenvalue weighted by molar-refractivity contribution is 5.75. The zero-order valence-corrected chi connectivity index (χ0v) is 16.7. The van der Waals surface area contributed by atoms with E-state index in [1.165, 1.54) is 12.1 Å². The van der Waals surface area contributed by atoms with Crippen molar-refractivity contribution in [3.8, 4) is 11.5 Å². The van der Waals surface area contributed by atoms with Crippen LogP contribution in [0.3, 0.4) is 0 Å². The van der Waals surface area contributed by atoms with Crippen molar-refractivity contribution in [2.24, 2.45) is 0 Å². The molecule has 1 aromatic heterocycles. The third kappa shape index (κ3) is 4.60. The summed E-state index contributed by atoms with van der Waals surface area (Å²) in [4.78, 5) is 4.66. The molecule has 0 spiro atoms. The largest absolute Gasteiger partial charge is 0.488 e. The molecule has 6 heteroatoms. The summed E-state index contributed by atoms with van der Waals surface area (Å²) >= 11 is 0. The summed E-state index contributed by atoms with van der Waals surface area (Å²) in [7, 11) is 0. The van der Waals surface area contributed by atoms with Crippen molar-refractivity contribution in [2.75, 3.05) is 6.61 Å². The van der Waals surface area contributed by atoms with E-state index in [9.17, 15) is 9.50 Å². The lowest BCUT2D eigenvalue weighted by Gasteiger charge is -2.16. The first-order valence-electron chi connectivity index (χ1n) is 9.79. The van der Waals surface area contributed by atoms with Gasteiger partial charge in [0, 0.05) is 0 Å². The predicted octanol–water partition coefficient (Wildman–Crippen LogP) is 4.50. The first-order valence-corrected chi connectivity index (χ1v) is 9.79. The third-order valence-corrected chi connectivity index (χ3v) is 4.78. The van der Waals surface area contributed by atoms with Crippen LogP contribution in [0.4, 0.5) is 4.39 Å². The van der Waals surface area contributed by atoms with Gasteiger partial charge in [0.1, 0.15) is 30.9 Å². The van der Waals surface area contributed by atoms with E-state index in [0.29, 0.717) is 5.82 Å². The molecule has 3 aromatic carbocycles. The lowest BCUT2D eigenvalue weighted by atomic mass is 10.2. The van der Waals surface area contributed by atoms with Gasteiger partial charge in [-0.25, -0.2) is 9.37 Å². The second-order valence-corrected chi connectivity index (χ2v) is 7.12. The molecule has 0 amide bonds. The minimum Gasteiger partial charge on any atom is -0.488 e. The van der Waals surface area contributed by atoms with Gasteiger partial charge in [-0.3, -0.25) is 0 Å². The Morgan fingerprint density at radius 2 is 1.70 bits per heavy atom. The Kier molecular flexibility index (Phi) is 5.95. The Morgan fingerprint density at radius 3 is 2.50 bits per heavy atom. The molecule has 1 N–H and O–H groups in total. The Balaban J connectivity index is 1.49. The van der Waals surface area contributed by atoms with E-state index in [1.54, 1.807) is 12.1 Å². The predicted molar refractivity (Wildman–Crippen MR) is 113 cm³/mol. The fourth-order valence-electron chi connectivity index (χ4n) is 3.23. The average Bonchev–Trinajstić information content (AvgIpc) is 3.10. The first-order chi connectivity index (χ1) is 14.6. The number of halogens is 1. The molecule has 0 aliphatic rings. The molecule has 0 radical (unpaired) electrons. The van der Waals surface area contributed by atoms with E-state index in [0.717, 1.165) is 22.3 Å². The second kappa shape index (κ2) is 8.97. The molecule has 1 atom stereocenters. The quantitative estimate of drug-likeness (QED) is 0.468. The summed E-state index contributed by atoms with van der Waals surface area (Å²) in [5, 5.41) is 10.5. The van der Waals surface area contributed by atoms with Crippen molar-refractivity contribution in [3.05, 3.63) is 90.0 Å². The highest BCUT2D eigenvalue weighted by Gasteiger charge is 2.16. The van der Waals surface area contributed by atoms with Crippen LogP contribution < -0.4 is 9.47 Å². The standard InChI is InChI=1S/C24H23FN2O3/c1-17-10-12-19(13-11-17)29-16-24-26-21-7-3-4-8-22(21)27(24)14-18(28)15-30-23-9-5-2-6-20(23)25/h2-13,18,28H,14-16H2,1H3/t18-/m0/s1. The van der Waals surface area contributed by atoms with Crippen molar-refractivity contribution < 1.29 is 19.0 Å². The summed E-state index contributed by atoms with van der Waals surface area (Å²) in [6.07, 6.45) is -0.847. The Labute approximate surface area is 174 Å². The first kappa shape index (κ1) is 19.9. The second-order valence-electron chi connectivity index (χ2n) is 7.12. The zero-order chi connectivity index (χ0) is 20.9. The van der Waals surface area contributed by atoms with E-state index in [1.807, 2.05) is 60.0 Å². The van der Waals surface area contributed by atoms with Gasteiger partial charge in [0.05, 0.1) is 17.6 Å². The zero-order valence-electron chi connectivity index (χ0n) is 16.7. The van der Waals surface area contributed by atoms with E-state index in [2.05, 4.69) is 4.98 Å². The van der Waals surface area contributed by atoms with Gasteiger partial charge in [0.25, 0.3) is 0 Å². The number of aryl methyl sites for hydroxylation is 1. The Bertz CT molecular complexity index is 1120. The molecule has 0 bridgehead atoms. The van der Waals surface area contributed by atoms with Gasteiger partial charge in [-0.2, -0.15) is 0 Å². The lowest BCUT2D eigenvalue weighted by molar-refractivity contribution is 0.0898. The number of nitrogens with zero attached hydrogens (tertiary/aromatic N) is 2. The summed E-state index contributed by atoms with van der Waals surface area (Å²) in [5.41, 5.74) is 2.87. The number of aliphatic hydroxyl groups excluding tert-OH is 1. The van der Waals surface area contributed by atoms with E-state index < -0.39 is 11.9 Å². The molecule has 0 saturated carbocycles. The summed E-state index contributed by atoms with van der Waals surface area (Å²) in [5.74, 6) is 1.12. The average molecular weight is 406 g/mol. The van der Waals surface area contributed by atoms with E-state index >= 15 is 0 Å². The maximum Gasteiger partial charge on any atom is 0.165 e. The fraction of sp³-hybridized carbons (Fsp3) is 0.208. The number of imidazole rings is 1. The molecule has 5 nitrogen and oxygen atoms in total. The number of para-hydroxylation sites is 3. The number of ether oxygens (including phenoxy) is 2. The van der Waals surface area contributed by atoms with Crippen LogP contribution in [0.2, 0.25) is 0 Å². The van der Waals surface area contributed by atoms with Gasteiger partial charge in [-0.15, -0.1) is 0 Å². The monoisotopic (exact) mass is 406 g/mol. The lowest BCUT2D eigenvalue weighted by Crippen LogP contribution is -2.25. The Morgan fingerprint density at radius 1 is 0.967 bits per heavy atom. The van der Waals surface area contributed by atoms with Crippen molar-refractivity contribution in [2.45, 2.75) is 26.2 Å². The number of fused-ring (bicyclic) bond motifs is 1. The van der Waals surface area contributed by atoms with Crippen LogP contribution in [-0.2, 0) is 13.2 Å². The SMILES string of the molecule is Cc1ccc(OCc2nc3ccccc3n2C[C@H](O)COc2ccccc2F)cc1. The van der Waals surface area contributed by atoms with Crippen LogP contribution >= 0.6 is 0 Å². The van der Waals surface area contributed by atoms with Crippen LogP contribution in [0.1, 0.15) is 11.4 Å². The topological polar surface area (TPSA) is 56.5 Å². The normalized spacial score (nSPS) is 12.1. The molecule has 0 unspecified atom stereocenters. The number of hydrogen-bond acceptors (Lipinski definition) is 4. The molecule has 30 heavy (non-hydrogen) atoms. The number of aromatic nitrogens is 2. The number of hydrogen-bond donors (Lipinski definition) is 1. The summed E-state index contributed by atoms with van der Waals surface area (Å²) in [6.45, 7) is 2.50. The number of rotatable bonds is 8. The smallest absolute Gasteiger partial charge is 0.165 e. The van der Waals surface area contributed by atoms with Crippen LogP contribution in [0.25, 0.3) is 11.0 Å².